The highest BCUT2D eigenvalue weighted by Crippen LogP contribution is 2.23. The minimum Gasteiger partial charge on any atom is -0.310 e. The van der Waals surface area contributed by atoms with Gasteiger partial charge in [-0.05, 0) is 37.1 Å². The van der Waals surface area contributed by atoms with E-state index in [0.29, 0.717) is 0 Å². The van der Waals surface area contributed by atoms with Crippen molar-refractivity contribution in [2.45, 2.75) is 39.2 Å². The molecule has 90 valence electrons. The Kier molecular flexibility index (Phi) is 5.78. The van der Waals surface area contributed by atoms with Crippen molar-refractivity contribution in [2.24, 2.45) is 0 Å². The van der Waals surface area contributed by atoms with Crippen molar-refractivity contribution in [3.8, 4) is 0 Å². The molecule has 0 bridgehead atoms. The van der Waals surface area contributed by atoms with Gasteiger partial charge in [0.2, 0.25) is 0 Å². The maximum atomic E-state index is 13.3. The Morgan fingerprint density at radius 3 is 2.62 bits per heavy atom. The quantitative estimate of drug-likeness (QED) is 0.785. The molecule has 1 aromatic rings. The van der Waals surface area contributed by atoms with Gasteiger partial charge in [0.1, 0.15) is 5.82 Å². The van der Waals surface area contributed by atoms with Gasteiger partial charge in [-0.25, -0.2) is 4.39 Å². The third-order valence-electron chi connectivity index (χ3n) is 2.56. The fourth-order valence-electron chi connectivity index (χ4n) is 1.72. The second kappa shape index (κ2) is 6.87. The normalized spacial score (nSPS) is 12.8. The number of rotatable bonds is 6. The average molecular weight is 244 g/mol. The lowest BCUT2D eigenvalue weighted by molar-refractivity contribution is 0.490. The molecular formula is C13H19ClFN. The first-order chi connectivity index (χ1) is 7.69. The molecule has 1 rings (SSSR count). The van der Waals surface area contributed by atoms with Crippen LogP contribution in [0.1, 0.15) is 44.7 Å². The van der Waals surface area contributed by atoms with E-state index >= 15 is 0 Å². The number of hydrogen-bond acceptors (Lipinski definition) is 1. The Bertz CT molecular complexity index is 328. The van der Waals surface area contributed by atoms with Crippen LogP contribution in [0.2, 0.25) is 5.02 Å². The summed E-state index contributed by atoms with van der Waals surface area (Å²) in [6.45, 7) is 5.21. The van der Waals surface area contributed by atoms with E-state index in [1.54, 1.807) is 6.07 Å². The Morgan fingerprint density at radius 2 is 2.06 bits per heavy atom. The van der Waals surface area contributed by atoms with Gasteiger partial charge in [0.15, 0.2) is 0 Å². The van der Waals surface area contributed by atoms with Crippen molar-refractivity contribution in [3.63, 3.8) is 0 Å². The lowest BCUT2D eigenvalue weighted by Crippen LogP contribution is -2.22. The smallest absolute Gasteiger partial charge is 0.142 e. The first-order valence-electron chi connectivity index (χ1n) is 5.87. The molecule has 0 saturated carbocycles. The van der Waals surface area contributed by atoms with Crippen LogP contribution in [0.4, 0.5) is 4.39 Å². The standard InChI is InChI=1S/C13H19ClFN/c1-3-5-13(16-8-4-2)10-6-7-11(14)12(15)9-10/h6-7,9,13,16H,3-5,8H2,1-2H3. The molecule has 0 aliphatic carbocycles. The van der Waals surface area contributed by atoms with E-state index < -0.39 is 0 Å². The molecular weight excluding hydrogens is 225 g/mol. The Hall–Kier alpha value is -0.600. The van der Waals surface area contributed by atoms with Crippen LogP contribution in [-0.2, 0) is 0 Å². The summed E-state index contributed by atoms with van der Waals surface area (Å²) in [7, 11) is 0. The first kappa shape index (κ1) is 13.5. The average Bonchev–Trinajstić information content (AvgIpc) is 2.28. The summed E-state index contributed by atoms with van der Waals surface area (Å²) in [5, 5.41) is 3.61. The summed E-state index contributed by atoms with van der Waals surface area (Å²) >= 11 is 5.67. The third-order valence-corrected chi connectivity index (χ3v) is 2.87. The van der Waals surface area contributed by atoms with Crippen molar-refractivity contribution < 1.29 is 4.39 Å². The molecule has 16 heavy (non-hydrogen) atoms. The molecule has 0 saturated heterocycles. The number of nitrogens with one attached hydrogen (secondary N) is 1. The van der Waals surface area contributed by atoms with Crippen molar-refractivity contribution in [2.75, 3.05) is 6.54 Å². The predicted octanol–water partition coefficient (Wildman–Crippen LogP) is 4.32. The monoisotopic (exact) mass is 243 g/mol. The van der Waals surface area contributed by atoms with E-state index in [-0.39, 0.29) is 16.9 Å². The molecule has 0 radical (unpaired) electrons. The van der Waals surface area contributed by atoms with Gasteiger partial charge < -0.3 is 5.32 Å². The van der Waals surface area contributed by atoms with E-state index in [1.165, 1.54) is 6.07 Å². The Balaban J connectivity index is 2.78. The van der Waals surface area contributed by atoms with Gasteiger partial charge in [0, 0.05) is 6.04 Å². The molecule has 3 heteroatoms. The zero-order valence-electron chi connectivity index (χ0n) is 9.89. The Morgan fingerprint density at radius 1 is 1.31 bits per heavy atom. The Labute approximate surface area is 102 Å². The van der Waals surface area contributed by atoms with Crippen LogP contribution in [0, 0.1) is 5.82 Å². The van der Waals surface area contributed by atoms with Crippen LogP contribution in [-0.4, -0.2) is 6.54 Å². The van der Waals surface area contributed by atoms with E-state index in [2.05, 4.69) is 19.2 Å². The summed E-state index contributed by atoms with van der Waals surface area (Å²) in [6.07, 6.45) is 3.17. The largest absolute Gasteiger partial charge is 0.310 e. The van der Waals surface area contributed by atoms with Crippen LogP contribution in [0.3, 0.4) is 0 Å². The topological polar surface area (TPSA) is 12.0 Å². The molecule has 0 spiro atoms. The highest BCUT2D eigenvalue weighted by molar-refractivity contribution is 6.30. The van der Waals surface area contributed by atoms with Gasteiger partial charge in [-0.1, -0.05) is 37.9 Å². The fourth-order valence-corrected chi connectivity index (χ4v) is 1.84. The molecule has 0 fully saturated rings. The third kappa shape index (κ3) is 3.76. The summed E-state index contributed by atoms with van der Waals surface area (Å²) in [5.74, 6) is -0.335. The van der Waals surface area contributed by atoms with Crippen LogP contribution in [0.15, 0.2) is 18.2 Å². The van der Waals surface area contributed by atoms with Crippen LogP contribution >= 0.6 is 11.6 Å². The predicted molar refractivity (Wildman–Crippen MR) is 67.4 cm³/mol. The zero-order chi connectivity index (χ0) is 12.0. The molecule has 0 amide bonds. The maximum Gasteiger partial charge on any atom is 0.142 e. The molecule has 0 aliphatic heterocycles. The van der Waals surface area contributed by atoms with Gasteiger partial charge in [-0.2, -0.15) is 0 Å². The molecule has 1 aromatic carbocycles. The summed E-state index contributed by atoms with van der Waals surface area (Å²) in [5.41, 5.74) is 0.984. The first-order valence-corrected chi connectivity index (χ1v) is 6.25. The second-order valence-electron chi connectivity index (χ2n) is 3.97. The van der Waals surface area contributed by atoms with Crippen LogP contribution in [0.25, 0.3) is 0 Å². The molecule has 1 atom stereocenters. The molecule has 1 nitrogen and oxygen atoms in total. The fraction of sp³-hybridized carbons (Fsp3) is 0.538. The summed E-state index contributed by atoms with van der Waals surface area (Å²) < 4.78 is 13.3. The van der Waals surface area contributed by atoms with Crippen molar-refractivity contribution in [1.29, 1.82) is 0 Å². The van der Waals surface area contributed by atoms with Crippen LogP contribution in [0.5, 0.6) is 0 Å². The molecule has 0 heterocycles. The van der Waals surface area contributed by atoms with Crippen LogP contribution < -0.4 is 5.32 Å². The maximum absolute atomic E-state index is 13.3. The molecule has 1 unspecified atom stereocenters. The molecule has 0 aliphatic rings. The van der Waals surface area contributed by atoms with Crippen molar-refractivity contribution in [1.82, 2.24) is 5.32 Å². The molecule has 0 aromatic heterocycles. The number of hydrogen-bond donors (Lipinski definition) is 1. The zero-order valence-corrected chi connectivity index (χ0v) is 10.6. The number of halogens is 2. The second-order valence-corrected chi connectivity index (χ2v) is 4.38. The lowest BCUT2D eigenvalue weighted by Gasteiger charge is -2.18. The summed E-state index contributed by atoms with van der Waals surface area (Å²) in [6, 6.07) is 5.29. The van der Waals surface area contributed by atoms with Gasteiger partial charge in [-0.15, -0.1) is 0 Å². The van der Waals surface area contributed by atoms with Gasteiger partial charge in [0.25, 0.3) is 0 Å². The van der Waals surface area contributed by atoms with E-state index in [9.17, 15) is 4.39 Å². The van der Waals surface area contributed by atoms with Gasteiger partial charge in [0.05, 0.1) is 5.02 Å². The van der Waals surface area contributed by atoms with Crippen molar-refractivity contribution >= 4 is 11.6 Å². The van der Waals surface area contributed by atoms with Gasteiger partial charge >= 0.3 is 0 Å². The SMILES string of the molecule is CCCNC(CCC)c1ccc(Cl)c(F)c1. The van der Waals surface area contributed by atoms with E-state index in [0.717, 1.165) is 31.4 Å². The van der Waals surface area contributed by atoms with Crippen molar-refractivity contribution in [3.05, 3.63) is 34.6 Å². The van der Waals surface area contributed by atoms with Gasteiger partial charge in [-0.3, -0.25) is 0 Å². The minimum absolute atomic E-state index is 0.189. The molecule has 1 N–H and O–H groups in total. The highest BCUT2D eigenvalue weighted by atomic mass is 35.5. The lowest BCUT2D eigenvalue weighted by atomic mass is 10.0. The highest BCUT2D eigenvalue weighted by Gasteiger charge is 2.11. The van der Waals surface area contributed by atoms with E-state index in [4.69, 9.17) is 11.6 Å². The summed E-state index contributed by atoms with van der Waals surface area (Å²) in [4.78, 5) is 0. The minimum atomic E-state index is -0.335. The number of benzene rings is 1. The van der Waals surface area contributed by atoms with E-state index in [1.807, 2.05) is 6.07 Å².